The van der Waals surface area contributed by atoms with E-state index in [1.54, 1.807) is 26.0 Å². The molecule has 8 nitrogen and oxygen atoms in total. The van der Waals surface area contributed by atoms with Crippen LogP contribution in [0, 0.1) is 0 Å². The number of thiocarbonyl (C=S) groups is 1. The van der Waals surface area contributed by atoms with Gasteiger partial charge in [0.15, 0.2) is 16.6 Å². The van der Waals surface area contributed by atoms with Gasteiger partial charge in [0, 0.05) is 12.6 Å². The van der Waals surface area contributed by atoms with E-state index >= 15 is 0 Å². The van der Waals surface area contributed by atoms with E-state index in [4.69, 9.17) is 31.6 Å². The van der Waals surface area contributed by atoms with Gasteiger partial charge in [-0.25, -0.2) is 4.79 Å². The van der Waals surface area contributed by atoms with Gasteiger partial charge in [-0.15, -0.1) is 0 Å². The maximum atomic E-state index is 12.2. The fraction of sp³-hybridized carbons (Fsp3) is 0.353. The molecule has 4 N–H and O–H groups in total. The van der Waals surface area contributed by atoms with Crippen LogP contribution in [-0.4, -0.2) is 41.0 Å². The molecule has 0 saturated heterocycles. The summed E-state index contributed by atoms with van der Waals surface area (Å²) in [5, 5.41) is 23.5. The first-order valence-electron chi connectivity index (χ1n) is 7.73. The van der Waals surface area contributed by atoms with Crippen LogP contribution in [0.5, 0.6) is 11.5 Å². The number of allylic oxidation sites excluding steroid dienone is 1. The summed E-state index contributed by atoms with van der Waals surface area (Å²) in [6, 6.07) is 4.41. The zero-order valence-electron chi connectivity index (χ0n) is 15.0. The topological polar surface area (TPSA) is 117 Å². The number of hydrogen-bond donors (Lipinski definition) is 4. The molecule has 9 heteroatoms. The van der Waals surface area contributed by atoms with E-state index in [9.17, 15) is 9.90 Å². The highest BCUT2D eigenvalue weighted by Gasteiger charge is 2.31. The Morgan fingerprint density at radius 1 is 1.35 bits per heavy atom. The number of carbonyl (C=O) groups is 2. The van der Waals surface area contributed by atoms with Gasteiger partial charge >= 0.3 is 5.97 Å². The molecule has 1 aliphatic heterocycles. The van der Waals surface area contributed by atoms with E-state index in [1.165, 1.54) is 13.2 Å². The van der Waals surface area contributed by atoms with E-state index in [1.807, 2.05) is 0 Å². The Morgan fingerprint density at radius 3 is 2.50 bits per heavy atom. The molecule has 0 radical (unpaired) electrons. The molecule has 1 aliphatic rings. The molecule has 1 unspecified atom stereocenters. The van der Waals surface area contributed by atoms with Crippen molar-refractivity contribution in [3.8, 4) is 11.5 Å². The van der Waals surface area contributed by atoms with Crippen molar-refractivity contribution in [2.24, 2.45) is 0 Å². The predicted molar refractivity (Wildman–Crippen MR) is 98.9 cm³/mol. The van der Waals surface area contributed by atoms with E-state index in [-0.39, 0.29) is 12.4 Å². The van der Waals surface area contributed by atoms with Crippen LogP contribution in [0.4, 0.5) is 0 Å². The first kappa shape index (κ1) is 21.2. The third-order valence-corrected chi connectivity index (χ3v) is 3.52. The van der Waals surface area contributed by atoms with Gasteiger partial charge in [-0.1, -0.05) is 6.07 Å². The number of carboxylic acid groups (broad SMARTS) is 1. The highest BCUT2D eigenvalue weighted by Crippen LogP contribution is 2.33. The highest BCUT2D eigenvalue weighted by molar-refractivity contribution is 7.80. The lowest BCUT2D eigenvalue weighted by Gasteiger charge is -2.30. The molecule has 1 atom stereocenters. The Balaban J connectivity index is 0.000000765. The molecule has 0 aromatic heterocycles. The number of phenols is 1. The van der Waals surface area contributed by atoms with Crippen LogP contribution in [0.3, 0.4) is 0 Å². The number of aromatic hydroxyl groups is 1. The maximum absolute atomic E-state index is 12.2. The second-order valence-corrected chi connectivity index (χ2v) is 5.65. The molecular formula is C17H22N2O6S. The fourth-order valence-corrected chi connectivity index (χ4v) is 2.57. The van der Waals surface area contributed by atoms with Crippen LogP contribution >= 0.6 is 12.2 Å². The van der Waals surface area contributed by atoms with Gasteiger partial charge in [-0.05, 0) is 43.8 Å². The monoisotopic (exact) mass is 382 g/mol. The first-order chi connectivity index (χ1) is 12.2. The summed E-state index contributed by atoms with van der Waals surface area (Å²) < 4.78 is 10.2. The lowest BCUT2D eigenvalue weighted by atomic mass is 9.95. The van der Waals surface area contributed by atoms with Gasteiger partial charge in [0.1, 0.15) is 0 Å². The largest absolute Gasteiger partial charge is 0.504 e. The minimum absolute atomic E-state index is 0.0288. The third kappa shape index (κ3) is 5.62. The van der Waals surface area contributed by atoms with Crippen molar-refractivity contribution in [3.63, 3.8) is 0 Å². The van der Waals surface area contributed by atoms with Crippen molar-refractivity contribution in [2.75, 3.05) is 13.7 Å². The number of carboxylic acids is 1. The van der Waals surface area contributed by atoms with Crippen LogP contribution in [0.25, 0.3) is 0 Å². The van der Waals surface area contributed by atoms with Gasteiger partial charge in [-0.3, -0.25) is 4.79 Å². The van der Waals surface area contributed by atoms with Crippen molar-refractivity contribution in [2.45, 2.75) is 26.8 Å². The van der Waals surface area contributed by atoms with Gasteiger partial charge in [0.25, 0.3) is 5.97 Å². The smallest absolute Gasteiger partial charge is 0.338 e. The van der Waals surface area contributed by atoms with Crippen LogP contribution in [0.1, 0.15) is 32.4 Å². The number of esters is 1. The summed E-state index contributed by atoms with van der Waals surface area (Å²) in [6.45, 7) is 4.89. The van der Waals surface area contributed by atoms with Gasteiger partial charge < -0.3 is 30.3 Å². The normalized spacial score (nSPS) is 15.8. The molecule has 26 heavy (non-hydrogen) atoms. The summed E-state index contributed by atoms with van der Waals surface area (Å²) in [6.07, 6.45) is 0. The molecule has 0 fully saturated rings. The molecule has 0 aliphatic carbocycles. The van der Waals surface area contributed by atoms with E-state index in [0.29, 0.717) is 22.1 Å². The number of phenolic OH excluding ortho intramolecular Hbond substituents is 1. The number of ether oxygens (including phenoxy) is 2. The predicted octanol–water partition coefficient (Wildman–Crippen LogP) is 1.85. The molecule has 1 heterocycles. The van der Waals surface area contributed by atoms with Gasteiger partial charge in [0.2, 0.25) is 0 Å². The number of aliphatic carboxylic acids is 1. The fourth-order valence-electron chi connectivity index (χ4n) is 2.30. The van der Waals surface area contributed by atoms with Crippen LogP contribution in [0.15, 0.2) is 29.5 Å². The average molecular weight is 382 g/mol. The summed E-state index contributed by atoms with van der Waals surface area (Å²) in [4.78, 5) is 21.2. The minimum Gasteiger partial charge on any atom is -0.504 e. The summed E-state index contributed by atoms with van der Waals surface area (Å²) in [5.74, 6) is -0.898. The number of benzene rings is 1. The standard InChI is InChI=1S/C15H18N2O4S.C2H4O2/c1-4-21-14(19)12-8(2)16-15(22)17-13(12)9-5-6-10(18)11(7-9)20-3;1-2(3)4/h5-7,13,18H,4H2,1-3H3,(H2,16,17,22);1H3,(H,3,4). The second-order valence-electron chi connectivity index (χ2n) is 5.24. The molecule has 0 saturated carbocycles. The number of carbonyl (C=O) groups excluding carboxylic acids is 1. The summed E-state index contributed by atoms with van der Waals surface area (Å²) in [5.41, 5.74) is 1.82. The number of methoxy groups -OCH3 is 1. The molecule has 2 rings (SSSR count). The molecule has 0 bridgehead atoms. The number of hydrogen-bond acceptors (Lipinski definition) is 6. The Labute approximate surface area is 156 Å². The Hall–Kier alpha value is -2.81. The Kier molecular flexibility index (Phi) is 7.85. The second kappa shape index (κ2) is 9.62. The minimum atomic E-state index is -0.833. The SMILES string of the molecule is CC(=O)O.CCOC(=O)C1=C(C)NC(=S)NC1c1ccc(O)c(OC)c1. The van der Waals surface area contributed by atoms with E-state index in [2.05, 4.69) is 10.6 Å². The Morgan fingerprint density at radius 2 is 1.96 bits per heavy atom. The van der Waals surface area contributed by atoms with Crippen molar-refractivity contribution in [1.29, 1.82) is 0 Å². The highest BCUT2D eigenvalue weighted by atomic mass is 32.1. The zero-order valence-corrected chi connectivity index (χ0v) is 15.8. The first-order valence-corrected chi connectivity index (χ1v) is 8.13. The van der Waals surface area contributed by atoms with E-state index < -0.39 is 18.0 Å². The Bertz CT molecular complexity index is 728. The summed E-state index contributed by atoms with van der Waals surface area (Å²) in [7, 11) is 1.46. The quantitative estimate of drug-likeness (QED) is 0.457. The molecule has 0 spiro atoms. The molecular weight excluding hydrogens is 360 g/mol. The van der Waals surface area contributed by atoms with Crippen LogP contribution in [0.2, 0.25) is 0 Å². The molecule has 1 aromatic carbocycles. The average Bonchev–Trinajstić information content (AvgIpc) is 2.54. The van der Waals surface area contributed by atoms with Gasteiger partial charge in [0.05, 0.1) is 25.3 Å². The van der Waals surface area contributed by atoms with Crippen molar-refractivity contribution in [1.82, 2.24) is 10.6 Å². The van der Waals surface area contributed by atoms with Gasteiger partial charge in [-0.2, -0.15) is 0 Å². The lowest BCUT2D eigenvalue weighted by Crippen LogP contribution is -2.45. The van der Waals surface area contributed by atoms with Crippen LogP contribution in [-0.2, 0) is 14.3 Å². The maximum Gasteiger partial charge on any atom is 0.338 e. The van der Waals surface area contributed by atoms with Crippen molar-refractivity contribution >= 4 is 29.3 Å². The number of nitrogens with one attached hydrogen (secondary N) is 2. The lowest BCUT2D eigenvalue weighted by molar-refractivity contribution is -0.139. The molecule has 1 aromatic rings. The molecule has 0 amide bonds. The van der Waals surface area contributed by atoms with E-state index in [0.717, 1.165) is 12.5 Å². The third-order valence-electron chi connectivity index (χ3n) is 3.30. The number of rotatable bonds is 4. The van der Waals surface area contributed by atoms with Crippen molar-refractivity contribution < 1.29 is 29.3 Å². The van der Waals surface area contributed by atoms with Crippen LogP contribution < -0.4 is 15.4 Å². The van der Waals surface area contributed by atoms with Crippen molar-refractivity contribution in [3.05, 3.63) is 35.0 Å². The molecule has 142 valence electrons. The zero-order chi connectivity index (χ0) is 19.9. The summed E-state index contributed by atoms with van der Waals surface area (Å²) >= 11 is 5.16.